The predicted molar refractivity (Wildman–Crippen MR) is 77.0 cm³/mol. The Morgan fingerprint density at radius 3 is 2.76 bits per heavy atom. The first kappa shape index (κ1) is 16.1. The Labute approximate surface area is 127 Å². The molecule has 0 aromatic carbocycles. The van der Waals surface area contributed by atoms with Crippen LogP contribution in [-0.2, 0) is 11.2 Å². The van der Waals surface area contributed by atoms with E-state index in [4.69, 9.17) is 11.6 Å². The van der Waals surface area contributed by atoms with Gasteiger partial charge < -0.3 is 9.69 Å². The molecule has 0 aliphatic carbocycles. The number of aryl methyl sites for hydroxylation is 1. The number of hydrogen-bond acceptors (Lipinski definition) is 4. The highest BCUT2D eigenvalue weighted by atomic mass is 35.5. The molecule has 0 atom stereocenters. The minimum atomic E-state index is -2.29. The highest BCUT2D eigenvalue weighted by molar-refractivity contribution is 6.31. The summed E-state index contributed by atoms with van der Waals surface area (Å²) in [6, 6.07) is 0. The fourth-order valence-corrected chi connectivity index (χ4v) is 2.62. The lowest BCUT2D eigenvalue weighted by Gasteiger charge is -2.31. The minimum absolute atomic E-state index is 0.0993. The largest absolute Gasteiger partial charge is 0.354 e. The van der Waals surface area contributed by atoms with E-state index in [1.165, 1.54) is 6.20 Å². The molecule has 1 saturated heterocycles. The summed E-state index contributed by atoms with van der Waals surface area (Å²) in [6.07, 6.45) is 2.50. The second-order valence-electron chi connectivity index (χ2n) is 5.22. The van der Waals surface area contributed by atoms with Crippen molar-refractivity contribution < 1.29 is 13.6 Å². The fraction of sp³-hybridized carbons (Fsp3) is 0.643. The molecule has 1 fully saturated rings. The Bertz CT molecular complexity index is 479. The Hall–Kier alpha value is -1.30. The molecule has 1 aromatic heterocycles. The van der Waals surface area contributed by atoms with Crippen LogP contribution >= 0.6 is 11.6 Å². The number of halogens is 3. The van der Waals surface area contributed by atoms with Gasteiger partial charge in [-0.25, -0.2) is 18.7 Å². The molecule has 1 aliphatic heterocycles. The van der Waals surface area contributed by atoms with Gasteiger partial charge in [0.1, 0.15) is 6.29 Å². The van der Waals surface area contributed by atoms with Gasteiger partial charge in [0.2, 0.25) is 6.43 Å². The maximum atomic E-state index is 12.1. The minimum Gasteiger partial charge on any atom is -0.354 e. The molecule has 0 bridgehead atoms. The van der Waals surface area contributed by atoms with Gasteiger partial charge in [0.15, 0.2) is 11.0 Å². The lowest BCUT2D eigenvalue weighted by atomic mass is 9.99. The highest BCUT2D eigenvalue weighted by Gasteiger charge is 2.22. The molecule has 0 unspecified atom stereocenters. The predicted octanol–water partition coefficient (Wildman–Crippen LogP) is 3.13. The van der Waals surface area contributed by atoms with E-state index in [-0.39, 0.29) is 12.3 Å². The van der Waals surface area contributed by atoms with Crippen molar-refractivity contribution in [2.24, 2.45) is 5.92 Å². The van der Waals surface area contributed by atoms with E-state index in [0.717, 1.165) is 19.1 Å². The van der Waals surface area contributed by atoms with E-state index in [9.17, 15) is 13.6 Å². The summed E-state index contributed by atoms with van der Waals surface area (Å²) in [5.41, 5.74) is 0.674. The van der Waals surface area contributed by atoms with Gasteiger partial charge in [-0.05, 0) is 25.7 Å². The summed E-state index contributed by atoms with van der Waals surface area (Å²) >= 11 is 6.08. The smallest absolute Gasteiger partial charge is 0.238 e. The Morgan fingerprint density at radius 2 is 2.14 bits per heavy atom. The summed E-state index contributed by atoms with van der Waals surface area (Å²) < 4.78 is 24.3. The first-order valence-electron chi connectivity index (χ1n) is 7.10. The molecule has 2 heterocycles. The summed E-state index contributed by atoms with van der Waals surface area (Å²) in [6.45, 7) is 1.41. The van der Waals surface area contributed by atoms with Gasteiger partial charge in [-0.15, -0.1) is 0 Å². The van der Waals surface area contributed by atoms with Crippen molar-refractivity contribution in [1.29, 1.82) is 0 Å². The van der Waals surface area contributed by atoms with Crippen molar-refractivity contribution in [2.45, 2.75) is 38.5 Å². The first-order valence-corrected chi connectivity index (χ1v) is 7.47. The normalized spacial score (nSPS) is 16.5. The molecule has 2 rings (SSSR count). The fourth-order valence-electron chi connectivity index (χ4n) is 2.41. The molecule has 21 heavy (non-hydrogen) atoms. The van der Waals surface area contributed by atoms with Gasteiger partial charge >= 0.3 is 0 Å². The van der Waals surface area contributed by atoms with E-state index in [0.29, 0.717) is 42.6 Å². The summed E-state index contributed by atoms with van der Waals surface area (Å²) in [4.78, 5) is 21.3. The van der Waals surface area contributed by atoms with Crippen LogP contribution in [0.5, 0.6) is 0 Å². The van der Waals surface area contributed by atoms with E-state index >= 15 is 0 Å². The van der Waals surface area contributed by atoms with Crippen LogP contribution in [0.2, 0.25) is 5.15 Å². The molecular weight excluding hydrogens is 300 g/mol. The van der Waals surface area contributed by atoms with Crippen LogP contribution in [-0.4, -0.2) is 35.8 Å². The van der Waals surface area contributed by atoms with Gasteiger partial charge in [-0.1, -0.05) is 11.6 Å². The van der Waals surface area contributed by atoms with Crippen LogP contribution in [0.15, 0.2) is 6.20 Å². The van der Waals surface area contributed by atoms with Gasteiger partial charge in [-0.2, -0.15) is 0 Å². The van der Waals surface area contributed by atoms with Crippen LogP contribution in [0.25, 0.3) is 0 Å². The molecule has 4 nitrogen and oxygen atoms in total. The van der Waals surface area contributed by atoms with Crippen LogP contribution in [0.3, 0.4) is 0 Å². The lowest BCUT2D eigenvalue weighted by Crippen LogP contribution is -2.35. The van der Waals surface area contributed by atoms with Crippen LogP contribution in [0.1, 0.15) is 31.4 Å². The molecule has 1 aromatic rings. The molecule has 0 spiro atoms. The molecule has 0 saturated carbocycles. The highest BCUT2D eigenvalue weighted by Crippen LogP contribution is 2.26. The first-order chi connectivity index (χ1) is 10.1. The lowest BCUT2D eigenvalue weighted by molar-refractivity contribution is -0.111. The maximum Gasteiger partial charge on any atom is 0.238 e. The number of nitrogens with zero attached hydrogens (tertiary/aromatic N) is 3. The zero-order valence-corrected chi connectivity index (χ0v) is 12.4. The zero-order valence-electron chi connectivity index (χ0n) is 11.6. The van der Waals surface area contributed by atoms with Crippen LogP contribution in [0.4, 0.5) is 14.6 Å². The monoisotopic (exact) mass is 317 g/mol. The number of aromatic nitrogens is 2. The molecule has 7 heteroatoms. The Morgan fingerprint density at radius 1 is 1.43 bits per heavy atom. The summed E-state index contributed by atoms with van der Waals surface area (Å²) in [5, 5.41) is 0.317. The number of anilines is 1. The molecule has 0 N–H and O–H groups in total. The van der Waals surface area contributed by atoms with Crippen molar-refractivity contribution in [1.82, 2.24) is 9.97 Å². The van der Waals surface area contributed by atoms with Crippen molar-refractivity contribution in [2.75, 3.05) is 18.0 Å². The average molecular weight is 318 g/mol. The molecular formula is C14H18ClF2N3O. The van der Waals surface area contributed by atoms with E-state index in [1.807, 2.05) is 4.90 Å². The number of aldehydes is 1. The molecule has 0 radical (unpaired) electrons. The average Bonchev–Trinajstić information content (AvgIpc) is 2.49. The molecule has 0 amide bonds. The number of hydrogen-bond donors (Lipinski definition) is 0. The standard InChI is InChI=1S/C14H18ClF2N3O/c15-13-14(20-6-4-10(9-21)5-7-20)19-11(8-18-13)2-1-3-12(16)17/h8-10,12H,1-7H2. The van der Waals surface area contributed by atoms with E-state index in [1.54, 1.807) is 0 Å². The van der Waals surface area contributed by atoms with Crippen molar-refractivity contribution in [3.63, 3.8) is 0 Å². The van der Waals surface area contributed by atoms with Crippen LogP contribution < -0.4 is 4.90 Å². The number of piperidine rings is 1. The summed E-state index contributed by atoms with van der Waals surface area (Å²) in [5.74, 6) is 0.692. The van der Waals surface area contributed by atoms with Gasteiger partial charge in [-0.3, -0.25) is 0 Å². The second-order valence-corrected chi connectivity index (χ2v) is 5.58. The number of alkyl halides is 2. The third kappa shape index (κ3) is 4.59. The van der Waals surface area contributed by atoms with Crippen molar-refractivity contribution >= 4 is 23.7 Å². The second kappa shape index (κ2) is 7.64. The van der Waals surface area contributed by atoms with Gasteiger partial charge in [0, 0.05) is 25.4 Å². The van der Waals surface area contributed by atoms with Gasteiger partial charge in [0.25, 0.3) is 0 Å². The van der Waals surface area contributed by atoms with Gasteiger partial charge in [0.05, 0.1) is 11.9 Å². The number of carbonyl (C=O) groups excluding carboxylic acids is 1. The SMILES string of the molecule is O=CC1CCN(c2nc(CCCC(F)F)cnc2Cl)CC1. The maximum absolute atomic E-state index is 12.1. The zero-order chi connectivity index (χ0) is 15.2. The van der Waals surface area contributed by atoms with Crippen molar-refractivity contribution in [3.05, 3.63) is 17.0 Å². The third-order valence-electron chi connectivity index (χ3n) is 3.65. The number of carbonyl (C=O) groups is 1. The van der Waals surface area contributed by atoms with E-state index in [2.05, 4.69) is 9.97 Å². The topological polar surface area (TPSA) is 46.1 Å². The van der Waals surface area contributed by atoms with E-state index < -0.39 is 6.43 Å². The molecule has 1 aliphatic rings. The Balaban J connectivity index is 2.00. The quantitative estimate of drug-likeness (QED) is 0.756. The molecule has 116 valence electrons. The Kier molecular flexibility index (Phi) is 5.85. The third-order valence-corrected chi connectivity index (χ3v) is 3.91. The van der Waals surface area contributed by atoms with Crippen LogP contribution in [0, 0.1) is 5.92 Å². The van der Waals surface area contributed by atoms with Crippen molar-refractivity contribution in [3.8, 4) is 0 Å². The number of rotatable bonds is 6. The summed E-state index contributed by atoms with van der Waals surface area (Å²) in [7, 11) is 0.